The first-order valence-electron chi connectivity index (χ1n) is 5.62. The largest absolute Gasteiger partial charge is 0.294 e. The minimum atomic E-state index is -0.544. The van der Waals surface area contributed by atoms with Gasteiger partial charge in [0.15, 0.2) is 0 Å². The average Bonchev–Trinajstić information content (AvgIpc) is 2.75. The molecule has 2 heterocycles. The summed E-state index contributed by atoms with van der Waals surface area (Å²) in [4.78, 5) is 2.45. The van der Waals surface area contributed by atoms with E-state index in [9.17, 15) is 4.39 Å². The second kappa shape index (κ2) is 2.28. The van der Waals surface area contributed by atoms with E-state index in [1.807, 2.05) is 0 Å². The maximum absolute atomic E-state index is 13.4. The molecule has 1 saturated carbocycles. The summed E-state index contributed by atoms with van der Waals surface area (Å²) in [6.07, 6.45) is 5.51. The molecule has 1 aliphatic carbocycles. The molecule has 74 valence electrons. The van der Waals surface area contributed by atoms with Crippen LogP contribution in [0.5, 0.6) is 0 Å². The van der Waals surface area contributed by atoms with E-state index in [4.69, 9.17) is 0 Å². The molecule has 2 aliphatic heterocycles. The number of alkyl halides is 1. The van der Waals surface area contributed by atoms with Crippen LogP contribution in [0, 0.1) is 5.41 Å². The van der Waals surface area contributed by atoms with Crippen LogP contribution in [0.3, 0.4) is 0 Å². The van der Waals surface area contributed by atoms with Gasteiger partial charge < -0.3 is 0 Å². The van der Waals surface area contributed by atoms with Crippen molar-refractivity contribution in [3.8, 4) is 0 Å². The van der Waals surface area contributed by atoms with Gasteiger partial charge in [0.2, 0.25) is 0 Å². The van der Waals surface area contributed by atoms with Gasteiger partial charge in [0.25, 0.3) is 0 Å². The molecule has 0 radical (unpaired) electrons. The SMILES string of the molecule is CC[C@]12C[C@@H](F)CN1CCC21CC1. The van der Waals surface area contributed by atoms with Gasteiger partial charge in [0, 0.05) is 12.1 Å². The maximum Gasteiger partial charge on any atom is 0.115 e. The third-order valence-corrected chi connectivity index (χ3v) is 4.87. The number of halogens is 1. The fourth-order valence-electron chi connectivity index (χ4n) is 4.02. The summed E-state index contributed by atoms with van der Waals surface area (Å²) in [5, 5.41) is 0. The molecule has 1 spiro atoms. The lowest BCUT2D eigenvalue weighted by Crippen LogP contribution is -2.43. The summed E-state index contributed by atoms with van der Waals surface area (Å²) < 4.78 is 13.4. The Hall–Kier alpha value is -0.110. The van der Waals surface area contributed by atoms with Crippen LogP contribution in [0.2, 0.25) is 0 Å². The van der Waals surface area contributed by atoms with Gasteiger partial charge in [0.05, 0.1) is 0 Å². The average molecular weight is 183 g/mol. The summed E-state index contributed by atoms with van der Waals surface area (Å²) in [6.45, 7) is 4.13. The molecular weight excluding hydrogens is 165 g/mol. The lowest BCUT2D eigenvalue weighted by Gasteiger charge is -2.36. The predicted molar refractivity (Wildman–Crippen MR) is 50.4 cm³/mol. The van der Waals surface area contributed by atoms with Crippen molar-refractivity contribution in [3.63, 3.8) is 0 Å². The Balaban J connectivity index is 1.97. The lowest BCUT2D eigenvalue weighted by molar-refractivity contribution is 0.130. The summed E-state index contributed by atoms with van der Waals surface area (Å²) >= 11 is 0. The van der Waals surface area contributed by atoms with E-state index in [1.54, 1.807) is 0 Å². The topological polar surface area (TPSA) is 3.24 Å². The molecule has 2 saturated heterocycles. The molecule has 2 heteroatoms. The molecule has 0 unspecified atom stereocenters. The Morgan fingerprint density at radius 3 is 2.77 bits per heavy atom. The van der Waals surface area contributed by atoms with Crippen molar-refractivity contribution in [2.24, 2.45) is 5.41 Å². The molecule has 0 amide bonds. The van der Waals surface area contributed by atoms with Gasteiger partial charge in [0.1, 0.15) is 6.17 Å². The van der Waals surface area contributed by atoms with Crippen LogP contribution in [-0.2, 0) is 0 Å². The van der Waals surface area contributed by atoms with Crippen molar-refractivity contribution in [2.75, 3.05) is 13.1 Å². The summed E-state index contributed by atoms with van der Waals surface area (Å²) in [5.41, 5.74) is 0.842. The van der Waals surface area contributed by atoms with Crippen molar-refractivity contribution in [1.82, 2.24) is 4.90 Å². The molecule has 13 heavy (non-hydrogen) atoms. The van der Waals surface area contributed by atoms with Crippen molar-refractivity contribution >= 4 is 0 Å². The van der Waals surface area contributed by atoms with E-state index < -0.39 is 6.17 Å². The third kappa shape index (κ3) is 0.810. The van der Waals surface area contributed by atoms with Crippen LogP contribution in [0.1, 0.15) is 39.0 Å². The van der Waals surface area contributed by atoms with Gasteiger partial charge >= 0.3 is 0 Å². The Labute approximate surface area is 79.3 Å². The second-order valence-corrected chi connectivity index (χ2v) is 5.16. The Morgan fingerprint density at radius 1 is 1.38 bits per heavy atom. The molecule has 0 aromatic heterocycles. The van der Waals surface area contributed by atoms with Crippen molar-refractivity contribution in [3.05, 3.63) is 0 Å². The highest BCUT2D eigenvalue weighted by molar-refractivity contribution is 5.20. The molecule has 3 aliphatic rings. The Kier molecular flexibility index (Phi) is 1.44. The first-order valence-corrected chi connectivity index (χ1v) is 5.62. The second-order valence-electron chi connectivity index (χ2n) is 5.16. The molecule has 3 fully saturated rings. The summed E-state index contributed by atoms with van der Waals surface area (Å²) in [6, 6.07) is 0. The molecular formula is C11H18FN. The van der Waals surface area contributed by atoms with Gasteiger partial charge in [-0.3, -0.25) is 4.90 Å². The van der Waals surface area contributed by atoms with Crippen molar-refractivity contribution < 1.29 is 4.39 Å². The smallest absolute Gasteiger partial charge is 0.115 e. The number of nitrogens with zero attached hydrogens (tertiary/aromatic N) is 1. The molecule has 0 bridgehead atoms. The van der Waals surface area contributed by atoms with Gasteiger partial charge in [-0.1, -0.05) is 6.92 Å². The van der Waals surface area contributed by atoms with E-state index in [1.165, 1.54) is 19.3 Å². The summed E-state index contributed by atoms with van der Waals surface area (Å²) in [5.74, 6) is 0. The third-order valence-electron chi connectivity index (χ3n) is 4.87. The first-order chi connectivity index (χ1) is 6.22. The van der Waals surface area contributed by atoms with Crippen molar-refractivity contribution in [2.45, 2.75) is 50.7 Å². The highest BCUT2D eigenvalue weighted by Gasteiger charge is 2.66. The minimum Gasteiger partial charge on any atom is -0.294 e. The van der Waals surface area contributed by atoms with E-state index in [0.29, 0.717) is 5.41 Å². The predicted octanol–water partition coefficient (Wildman–Crippen LogP) is 2.36. The van der Waals surface area contributed by atoms with Gasteiger partial charge in [-0.25, -0.2) is 4.39 Å². The van der Waals surface area contributed by atoms with E-state index >= 15 is 0 Å². The van der Waals surface area contributed by atoms with Crippen LogP contribution < -0.4 is 0 Å². The normalized spacial score (nSPS) is 47.1. The minimum absolute atomic E-state index is 0.284. The van der Waals surface area contributed by atoms with Crippen LogP contribution in [0.25, 0.3) is 0 Å². The number of hydrogen-bond acceptors (Lipinski definition) is 1. The number of rotatable bonds is 1. The maximum atomic E-state index is 13.4. The molecule has 3 rings (SSSR count). The molecule has 2 atom stereocenters. The fraction of sp³-hybridized carbons (Fsp3) is 1.00. The molecule has 0 N–H and O–H groups in total. The standard InChI is InChI=1S/C11H18FN/c1-2-11-7-9(12)8-13(11)6-5-10(11)3-4-10/h9H,2-8H2,1H3/t9-,11-/m1/s1. The zero-order valence-electron chi connectivity index (χ0n) is 8.35. The van der Waals surface area contributed by atoms with Crippen LogP contribution in [-0.4, -0.2) is 29.7 Å². The van der Waals surface area contributed by atoms with Crippen molar-refractivity contribution in [1.29, 1.82) is 0 Å². The molecule has 0 aromatic rings. The summed E-state index contributed by atoms with van der Waals surface area (Å²) in [7, 11) is 0. The zero-order valence-corrected chi connectivity index (χ0v) is 8.35. The monoisotopic (exact) mass is 183 g/mol. The Bertz CT molecular complexity index is 236. The van der Waals surface area contributed by atoms with E-state index in [2.05, 4.69) is 11.8 Å². The van der Waals surface area contributed by atoms with Crippen LogP contribution in [0.4, 0.5) is 4.39 Å². The zero-order chi connectivity index (χ0) is 9.10. The highest BCUT2D eigenvalue weighted by Crippen LogP contribution is 2.67. The fourth-order valence-corrected chi connectivity index (χ4v) is 4.02. The van der Waals surface area contributed by atoms with Crippen LogP contribution in [0.15, 0.2) is 0 Å². The quantitative estimate of drug-likeness (QED) is 0.603. The molecule has 1 nitrogen and oxygen atoms in total. The number of fused-ring (bicyclic) bond motifs is 2. The van der Waals surface area contributed by atoms with Gasteiger partial charge in [-0.05, 0) is 44.1 Å². The number of hydrogen-bond donors (Lipinski definition) is 0. The lowest BCUT2D eigenvalue weighted by atomic mass is 9.78. The Morgan fingerprint density at radius 2 is 2.15 bits per heavy atom. The van der Waals surface area contributed by atoms with E-state index in [-0.39, 0.29) is 5.54 Å². The highest BCUT2D eigenvalue weighted by atomic mass is 19.1. The van der Waals surface area contributed by atoms with Gasteiger partial charge in [-0.15, -0.1) is 0 Å². The van der Waals surface area contributed by atoms with Crippen LogP contribution >= 0.6 is 0 Å². The first kappa shape index (κ1) is 8.22. The van der Waals surface area contributed by atoms with Gasteiger partial charge in [-0.2, -0.15) is 0 Å². The molecule has 0 aromatic carbocycles. The van der Waals surface area contributed by atoms with E-state index in [0.717, 1.165) is 25.9 Å².